The summed E-state index contributed by atoms with van der Waals surface area (Å²) in [6, 6.07) is 13.8. The lowest BCUT2D eigenvalue weighted by atomic mass is 10.2. The zero-order valence-corrected chi connectivity index (χ0v) is 20.2. The number of carbonyl (C=O) groups excluding carboxylic acids is 1. The number of thioether (sulfide) groups is 2. The summed E-state index contributed by atoms with van der Waals surface area (Å²) in [5, 5.41) is 8.44. The average molecular weight is 490 g/mol. The van der Waals surface area contributed by atoms with Crippen LogP contribution in [-0.2, 0) is 17.1 Å². The van der Waals surface area contributed by atoms with Gasteiger partial charge in [-0.15, -0.1) is 10.2 Å². The molecule has 7 nitrogen and oxygen atoms in total. The molecule has 3 aromatic rings. The van der Waals surface area contributed by atoms with Crippen molar-refractivity contribution in [3.05, 3.63) is 53.6 Å². The number of rotatable bonds is 9. The van der Waals surface area contributed by atoms with Crippen molar-refractivity contribution in [1.29, 1.82) is 0 Å². The highest BCUT2D eigenvalue weighted by Crippen LogP contribution is 2.32. The van der Waals surface area contributed by atoms with Gasteiger partial charge in [0.2, 0.25) is 5.91 Å². The van der Waals surface area contributed by atoms with Crippen molar-refractivity contribution >= 4 is 40.8 Å². The summed E-state index contributed by atoms with van der Waals surface area (Å²) in [6.45, 7) is 1.62. The van der Waals surface area contributed by atoms with E-state index >= 15 is 0 Å². The van der Waals surface area contributed by atoms with E-state index in [2.05, 4.69) is 10.2 Å². The molecule has 1 aliphatic rings. The number of methoxy groups -OCH3 is 1. The molecule has 1 aromatic heterocycles. The van der Waals surface area contributed by atoms with Gasteiger partial charge in [0.05, 0.1) is 12.9 Å². The summed E-state index contributed by atoms with van der Waals surface area (Å²) >= 11 is 4.56. The van der Waals surface area contributed by atoms with Gasteiger partial charge in [0.25, 0.3) is 0 Å². The molecule has 32 heavy (non-hydrogen) atoms. The van der Waals surface area contributed by atoms with Crippen LogP contribution in [0.3, 0.4) is 0 Å². The molecule has 0 saturated heterocycles. The SMILES string of the molecule is COc1ccc(CSc2nnc(SCC(=O)N(C)Cc3ccc4c(c3)OCCO4)s2)cc1. The van der Waals surface area contributed by atoms with Crippen LogP contribution in [0.1, 0.15) is 11.1 Å². The number of benzene rings is 2. The number of amides is 1. The highest BCUT2D eigenvalue weighted by Gasteiger charge is 2.15. The quantitative estimate of drug-likeness (QED) is 0.411. The van der Waals surface area contributed by atoms with Crippen molar-refractivity contribution in [2.45, 2.75) is 21.0 Å². The number of fused-ring (bicyclic) bond motifs is 1. The van der Waals surface area contributed by atoms with Gasteiger partial charge < -0.3 is 19.1 Å². The topological polar surface area (TPSA) is 73.8 Å². The molecule has 1 amide bonds. The van der Waals surface area contributed by atoms with E-state index in [4.69, 9.17) is 14.2 Å². The minimum atomic E-state index is 0.0347. The molecule has 0 atom stereocenters. The van der Waals surface area contributed by atoms with E-state index in [1.807, 2.05) is 42.5 Å². The molecule has 0 bridgehead atoms. The Bertz CT molecular complexity index is 1060. The third kappa shape index (κ3) is 6.08. The summed E-state index contributed by atoms with van der Waals surface area (Å²) in [6.07, 6.45) is 0. The fourth-order valence-electron chi connectivity index (χ4n) is 2.96. The first kappa shape index (κ1) is 22.8. The van der Waals surface area contributed by atoms with Crippen LogP contribution >= 0.6 is 34.9 Å². The first-order valence-electron chi connectivity index (χ1n) is 9.95. The van der Waals surface area contributed by atoms with Crippen LogP contribution in [0.4, 0.5) is 0 Å². The predicted octanol–water partition coefficient (Wildman–Crippen LogP) is 4.36. The van der Waals surface area contributed by atoms with Gasteiger partial charge in [0, 0.05) is 19.3 Å². The Labute approximate surface area is 199 Å². The smallest absolute Gasteiger partial charge is 0.233 e. The summed E-state index contributed by atoms with van der Waals surface area (Å²) in [5.41, 5.74) is 2.19. The zero-order valence-electron chi connectivity index (χ0n) is 17.8. The standard InChI is InChI=1S/C22H23N3O4S3/c1-25(12-16-5-8-18-19(11-16)29-10-9-28-18)20(26)14-31-22-24-23-21(32-22)30-13-15-3-6-17(27-2)7-4-15/h3-8,11H,9-10,12-14H2,1-2H3. The number of nitrogens with zero attached hydrogens (tertiary/aromatic N) is 3. The number of hydrogen-bond donors (Lipinski definition) is 0. The molecular weight excluding hydrogens is 466 g/mol. The van der Waals surface area contributed by atoms with Gasteiger partial charge in [0.1, 0.15) is 19.0 Å². The van der Waals surface area contributed by atoms with Crippen LogP contribution < -0.4 is 14.2 Å². The molecule has 10 heteroatoms. The minimum absolute atomic E-state index is 0.0347. The fourth-order valence-corrected chi connectivity index (χ4v) is 5.88. The molecule has 0 N–H and O–H groups in total. The monoisotopic (exact) mass is 489 g/mol. The number of carbonyl (C=O) groups is 1. The van der Waals surface area contributed by atoms with Crippen molar-refractivity contribution in [3.63, 3.8) is 0 Å². The maximum Gasteiger partial charge on any atom is 0.233 e. The Balaban J connectivity index is 1.23. The van der Waals surface area contributed by atoms with Gasteiger partial charge in [0.15, 0.2) is 20.2 Å². The molecule has 0 saturated carbocycles. The van der Waals surface area contributed by atoms with Crippen LogP contribution in [-0.4, -0.2) is 54.1 Å². The maximum absolute atomic E-state index is 12.6. The van der Waals surface area contributed by atoms with E-state index in [-0.39, 0.29) is 5.91 Å². The van der Waals surface area contributed by atoms with Crippen molar-refractivity contribution in [3.8, 4) is 17.2 Å². The Hall–Kier alpha value is -2.43. The molecule has 4 rings (SSSR count). The molecular formula is C22H23N3O4S3. The first-order valence-corrected chi connectivity index (χ1v) is 12.7. The molecule has 2 aromatic carbocycles. The van der Waals surface area contributed by atoms with Crippen molar-refractivity contribution in [2.24, 2.45) is 0 Å². The Morgan fingerprint density at radius 1 is 1.03 bits per heavy atom. The summed E-state index contributed by atoms with van der Waals surface area (Å²) in [5.74, 6) is 3.49. The van der Waals surface area contributed by atoms with E-state index in [9.17, 15) is 4.79 Å². The second-order valence-electron chi connectivity index (χ2n) is 6.99. The van der Waals surface area contributed by atoms with E-state index in [1.54, 1.807) is 30.8 Å². The molecule has 0 fully saturated rings. The third-order valence-corrected chi connectivity index (χ3v) is 7.93. The molecule has 0 aliphatic carbocycles. The highest BCUT2D eigenvalue weighted by molar-refractivity contribution is 8.03. The Morgan fingerprint density at radius 2 is 1.72 bits per heavy atom. The van der Waals surface area contributed by atoms with E-state index in [0.717, 1.165) is 37.2 Å². The van der Waals surface area contributed by atoms with Gasteiger partial charge >= 0.3 is 0 Å². The van der Waals surface area contributed by atoms with Crippen LogP contribution in [0, 0.1) is 0 Å². The summed E-state index contributed by atoms with van der Waals surface area (Å²) in [4.78, 5) is 14.3. The molecule has 168 valence electrons. The molecule has 2 heterocycles. The van der Waals surface area contributed by atoms with Gasteiger partial charge in [-0.05, 0) is 35.4 Å². The third-order valence-electron chi connectivity index (χ3n) is 4.68. The second-order valence-corrected chi connectivity index (χ2v) is 10.4. The minimum Gasteiger partial charge on any atom is -0.497 e. The number of hydrogen-bond acceptors (Lipinski definition) is 9. The van der Waals surface area contributed by atoms with E-state index < -0.39 is 0 Å². The molecule has 1 aliphatic heterocycles. The Kier molecular flexibility index (Phi) is 7.77. The van der Waals surface area contributed by atoms with Gasteiger partial charge in [-0.2, -0.15) is 0 Å². The van der Waals surface area contributed by atoms with Crippen molar-refractivity contribution in [1.82, 2.24) is 15.1 Å². The second kappa shape index (κ2) is 10.9. The lowest BCUT2D eigenvalue weighted by molar-refractivity contribution is -0.127. The van der Waals surface area contributed by atoms with E-state index in [0.29, 0.717) is 25.5 Å². The highest BCUT2D eigenvalue weighted by atomic mass is 32.2. The summed E-state index contributed by atoms with van der Waals surface area (Å²) < 4.78 is 18.0. The van der Waals surface area contributed by atoms with Crippen LogP contribution in [0.15, 0.2) is 51.1 Å². The largest absolute Gasteiger partial charge is 0.497 e. The van der Waals surface area contributed by atoms with E-state index in [1.165, 1.54) is 28.7 Å². The number of aromatic nitrogens is 2. The molecule has 0 radical (unpaired) electrons. The zero-order chi connectivity index (χ0) is 22.3. The number of ether oxygens (including phenoxy) is 3. The molecule has 0 unspecified atom stereocenters. The summed E-state index contributed by atoms with van der Waals surface area (Å²) in [7, 11) is 3.46. The van der Waals surface area contributed by atoms with Crippen LogP contribution in [0.5, 0.6) is 17.2 Å². The maximum atomic E-state index is 12.6. The van der Waals surface area contributed by atoms with Crippen molar-refractivity contribution < 1.29 is 19.0 Å². The predicted molar refractivity (Wildman–Crippen MR) is 127 cm³/mol. The Morgan fingerprint density at radius 3 is 2.47 bits per heavy atom. The fraction of sp³-hybridized carbons (Fsp3) is 0.318. The van der Waals surface area contributed by atoms with Gasteiger partial charge in [-0.1, -0.05) is 53.1 Å². The first-order chi connectivity index (χ1) is 15.6. The normalized spacial score (nSPS) is 12.4. The van der Waals surface area contributed by atoms with Crippen molar-refractivity contribution in [2.75, 3.05) is 33.1 Å². The lowest BCUT2D eigenvalue weighted by Crippen LogP contribution is -2.27. The average Bonchev–Trinajstić information content (AvgIpc) is 3.29. The van der Waals surface area contributed by atoms with Gasteiger partial charge in [-0.3, -0.25) is 4.79 Å². The lowest BCUT2D eigenvalue weighted by Gasteiger charge is -2.21. The van der Waals surface area contributed by atoms with Crippen LogP contribution in [0.2, 0.25) is 0 Å². The van der Waals surface area contributed by atoms with Crippen LogP contribution in [0.25, 0.3) is 0 Å². The van der Waals surface area contributed by atoms with Gasteiger partial charge in [-0.25, -0.2) is 0 Å². The molecule has 0 spiro atoms.